The number of aromatic hydroxyl groups is 1. The van der Waals surface area contributed by atoms with E-state index in [9.17, 15) is 5.11 Å². The number of benzene rings is 2. The number of hydrogen-bond donors (Lipinski definition) is 1. The van der Waals surface area contributed by atoms with Crippen LogP contribution in [0, 0.1) is 0 Å². The van der Waals surface area contributed by atoms with Gasteiger partial charge in [0.15, 0.2) is 0 Å². The molecule has 27 heavy (non-hydrogen) atoms. The highest BCUT2D eigenvalue weighted by Gasteiger charge is 2.41. The number of para-hydroxylation sites is 1. The largest absolute Gasteiger partial charge is 0.507 e. The van der Waals surface area contributed by atoms with Crippen molar-refractivity contribution in [2.75, 3.05) is 0 Å². The molecule has 3 heterocycles. The van der Waals surface area contributed by atoms with Crippen LogP contribution in [0.4, 0.5) is 0 Å². The van der Waals surface area contributed by atoms with Gasteiger partial charge < -0.3 is 9.84 Å². The van der Waals surface area contributed by atoms with E-state index in [1.165, 1.54) is 0 Å². The molecule has 0 saturated carbocycles. The lowest BCUT2D eigenvalue weighted by Gasteiger charge is -2.38. The van der Waals surface area contributed by atoms with Gasteiger partial charge >= 0.3 is 0 Å². The first-order chi connectivity index (χ1) is 13.2. The lowest BCUT2D eigenvalue weighted by atomic mass is 9.95. The predicted octanol–water partition coefficient (Wildman–Crippen LogP) is 4.79. The Balaban J connectivity index is 1.63. The van der Waals surface area contributed by atoms with Crippen molar-refractivity contribution in [3.05, 3.63) is 88.2 Å². The zero-order valence-electron chi connectivity index (χ0n) is 14.3. The summed E-state index contributed by atoms with van der Waals surface area (Å²) in [5.41, 5.74) is 3.69. The molecule has 3 aromatic rings. The molecule has 1 aromatic heterocycles. The number of aromatic nitrogens is 1. The Kier molecular flexibility index (Phi) is 3.86. The summed E-state index contributed by atoms with van der Waals surface area (Å²) in [5.74, 6) is 1.10. The number of phenols is 1. The van der Waals surface area contributed by atoms with Crippen molar-refractivity contribution in [2.24, 2.45) is 5.10 Å². The van der Waals surface area contributed by atoms with E-state index in [1.807, 2.05) is 47.5 Å². The first-order valence-electron chi connectivity index (χ1n) is 8.71. The molecule has 5 rings (SSSR count). The van der Waals surface area contributed by atoms with Crippen molar-refractivity contribution < 1.29 is 9.84 Å². The molecule has 5 nitrogen and oxygen atoms in total. The molecule has 6 heteroatoms. The van der Waals surface area contributed by atoms with E-state index in [4.69, 9.17) is 9.84 Å². The molecule has 0 aliphatic carbocycles. The van der Waals surface area contributed by atoms with Gasteiger partial charge in [-0.15, -0.1) is 0 Å². The fraction of sp³-hybridized carbons (Fsp3) is 0.143. The number of hydrazone groups is 1. The Hall–Kier alpha value is -2.86. The van der Waals surface area contributed by atoms with Crippen molar-refractivity contribution in [1.82, 2.24) is 9.99 Å². The Morgan fingerprint density at radius 1 is 1.07 bits per heavy atom. The van der Waals surface area contributed by atoms with E-state index in [2.05, 4.69) is 27.0 Å². The maximum atomic E-state index is 10.3. The van der Waals surface area contributed by atoms with Crippen LogP contribution in [0.3, 0.4) is 0 Å². The number of fused-ring (bicyclic) bond motifs is 3. The molecule has 1 N–H and O–H groups in total. The van der Waals surface area contributed by atoms with E-state index in [1.54, 1.807) is 18.5 Å². The normalized spacial score (nSPS) is 20.5. The number of halogens is 1. The maximum absolute atomic E-state index is 10.3. The van der Waals surface area contributed by atoms with Crippen LogP contribution in [0.1, 0.15) is 35.4 Å². The summed E-state index contributed by atoms with van der Waals surface area (Å²) in [6.07, 6.45) is 3.88. The Morgan fingerprint density at radius 2 is 1.89 bits per heavy atom. The van der Waals surface area contributed by atoms with Crippen LogP contribution in [0.15, 0.2) is 76.6 Å². The van der Waals surface area contributed by atoms with Gasteiger partial charge in [0.05, 0.1) is 11.8 Å². The second kappa shape index (κ2) is 6.39. The zero-order valence-corrected chi connectivity index (χ0v) is 15.9. The van der Waals surface area contributed by atoms with Crippen LogP contribution in [0.5, 0.6) is 11.5 Å². The van der Waals surface area contributed by atoms with E-state index < -0.39 is 0 Å². The fourth-order valence-electron chi connectivity index (χ4n) is 3.69. The second-order valence-corrected chi connectivity index (χ2v) is 7.51. The molecule has 0 amide bonds. The highest BCUT2D eigenvalue weighted by atomic mass is 79.9. The SMILES string of the molecule is Oc1ccccc1C1=NN2[C@@H](C1)c1cc(Br)ccc1O[C@H]2c1ccncc1. The molecule has 0 bridgehead atoms. The van der Waals surface area contributed by atoms with E-state index in [0.29, 0.717) is 6.42 Å². The van der Waals surface area contributed by atoms with E-state index >= 15 is 0 Å². The van der Waals surface area contributed by atoms with Gasteiger partial charge in [-0.3, -0.25) is 4.98 Å². The van der Waals surface area contributed by atoms with Crippen molar-refractivity contribution in [2.45, 2.75) is 18.7 Å². The minimum absolute atomic E-state index is 0.0408. The van der Waals surface area contributed by atoms with E-state index in [0.717, 1.165) is 32.6 Å². The number of pyridine rings is 1. The predicted molar refractivity (Wildman–Crippen MR) is 106 cm³/mol. The third kappa shape index (κ3) is 2.77. The monoisotopic (exact) mass is 421 g/mol. The zero-order chi connectivity index (χ0) is 18.4. The van der Waals surface area contributed by atoms with Gasteiger partial charge in [0.25, 0.3) is 0 Å². The lowest BCUT2D eigenvalue weighted by molar-refractivity contribution is -0.0191. The minimum Gasteiger partial charge on any atom is -0.507 e. The molecule has 134 valence electrons. The molecular formula is C21H16BrN3O2. The van der Waals surface area contributed by atoms with Gasteiger partial charge in [-0.25, -0.2) is 5.01 Å². The van der Waals surface area contributed by atoms with Crippen LogP contribution in [0.25, 0.3) is 0 Å². The second-order valence-electron chi connectivity index (χ2n) is 6.60. The van der Waals surface area contributed by atoms with Crippen LogP contribution in [-0.4, -0.2) is 20.8 Å². The van der Waals surface area contributed by atoms with Gasteiger partial charge in [-0.2, -0.15) is 5.10 Å². The van der Waals surface area contributed by atoms with E-state index in [-0.39, 0.29) is 18.0 Å². The number of phenolic OH excluding ortho intramolecular Hbond substituents is 1. The number of rotatable bonds is 2. The molecule has 2 aromatic carbocycles. The summed E-state index contributed by atoms with van der Waals surface area (Å²) < 4.78 is 7.31. The van der Waals surface area contributed by atoms with Crippen LogP contribution >= 0.6 is 15.9 Å². The lowest BCUT2D eigenvalue weighted by Crippen LogP contribution is -2.33. The number of ether oxygens (including phenoxy) is 1. The molecule has 2 atom stereocenters. The topological polar surface area (TPSA) is 58.0 Å². The Labute approximate surface area is 165 Å². The molecule has 0 unspecified atom stereocenters. The Bertz CT molecular complexity index is 1040. The minimum atomic E-state index is -0.338. The summed E-state index contributed by atoms with van der Waals surface area (Å²) >= 11 is 3.56. The van der Waals surface area contributed by atoms with Crippen molar-refractivity contribution in [3.63, 3.8) is 0 Å². The first kappa shape index (κ1) is 16.3. The van der Waals surface area contributed by atoms with Crippen molar-refractivity contribution >= 4 is 21.6 Å². The average molecular weight is 422 g/mol. The molecule has 0 saturated heterocycles. The van der Waals surface area contributed by atoms with Gasteiger partial charge in [-0.05, 0) is 42.5 Å². The smallest absolute Gasteiger partial charge is 0.213 e. The summed E-state index contributed by atoms with van der Waals surface area (Å²) in [6, 6.07) is 17.3. The average Bonchev–Trinajstić information content (AvgIpc) is 3.14. The van der Waals surface area contributed by atoms with Crippen LogP contribution in [0.2, 0.25) is 0 Å². The molecule has 2 aliphatic rings. The fourth-order valence-corrected chi connectivity index (χ4v) is 4.07. The van der Waals surface area contributed by atoms with Gasteiger partial charge in [0.1, 0.15) is 11.5 Å². The third-order valence-electron chi connectivity index (χ3n) is 4.96. The van der Waals surface area contributed by atoms with Gasteiger partial charge in [0.2, 0.25) is 6.23 Å². The van der Waals surface area contributed by atoms with Gasteiger partial charge in [0, 0.05) is 40.0 Å². The van der Waals surface area contributed by atoms with Crippen LogP contribution < -0.4 is 4.74 Å². The molecule has 0 radical (unpaired) electrons. The standard InChI is InChI=1S/C21H16BrN3O2/c22-14-5-6-20-16(11-14)18-12-17(15-3-1-2-4-19(15)26)24-25(18)21(27-20)13-7-9-23-10-8-13/h1-11,18,21,26H,12H2/t18-,21-/m0/s1. The molecular weight excluding hydrogens is 406 g/mol. The molecule has 0 fully saturated rings. The van der Waals surface area contributed by atoms with Crippen molar-refractivity contribution in [1.29, 1.82) is 0 Å². The number of nitrogens with zero attached hydrogens (tertiary/aromatic N) is 3. The summed E-state index contributed by atoms with van der Waals surface area (Å²) in [7, 11) is 0. The summed E-state index contributed by atoms with van der Waals surface area (Å²) in [4.78, 5) is 4.11. The van der Waals surface area contributed by atoms with Crippen LogP contribution in [-0.2, 0) is 0 Å². The quantitative estimate of drug-likeness (QED) is 0.645. The molecule has 0 spiro atoms. The van der Waals surface area contributed by atoms with Crippen molar-refractivity contribution in [3.8, 4) is 11.5 Å². The van der Waals surface area contributed by atoms with Gasteiger partial charge in [-0.1, -0.05) is 28.1 Å². The summed E-state index contributed by atoms with van der Waals surface area (Å²) in [6.45, 7) is 0. The molecule has 2 aliphatic heterocycles. The highest BCUT2D eigenvalue weighted by Crippen LogP contribution is 2.48. The first-order valence-corrected chi connectivity index (χ1v) is 9.50. The highest BCUT2D eigenvalue weighted by molar-refractivity contribution is 9.10. The number of hydrogen-bond acceptors (Lipinski definition) is 5. The Morgan fingerprint density at radius 3 is 2.70 bits per heavy atom. The maximum Gasteiger partial charge on any atom is 0.213 e. The third-order valence-corrected chi connectivity index (χ3v) is 5.45. The summed E-state index contributed by atoms with van der Waals surface area (Å²) in [5, 5.41) is 17.1.